The maximum Gasteiger partial charge on any atom is 0.323 e. The molecule has 0 aliphatic carbocycles. The maximum atomic E-state index is 12.9. The van der Waals surface area contributed by atoms with Gasteiger partial charge in [0.1, 0.15) is 4.90 Å². The topological polar surface area (TPSA) is 99.2 Å². The van der Waals surface area contributed by atoms with Gasteiger partial charge in [0.25, 0.3) is 10.1 Å². The van der Waals surface area contributed by atoms with Gasteiger partial charge in [0.15, 0.2) is 5.41 Å². The predicted molar refractivity (Wildman–Crippen MR) is 131 cm³/mol. The van der Waals surface area contributed by atoms with Crippen LogP contribution in [-0.2, 0) is 33.4 Å². The van der Waals surface area contributed by atoms with Crippen molar-refractivity contribution in [2.24, 2.45) is 5.41 Å². The average molecular weight is 494 g/mol. The van der Waals surface area contributed by atoms with Crippen molar-refractivity contribution in [1.82, 2.24) is 0 Å². The minimum atomic E-state index is -3.95. The number of benzene rings is 2. The molecule has 0 aromatic heterocycles. The molecule has 2 rings (SSSR count). The van der Waals surface area contributed by atoms with E-state index in [0.29, 0.717) is 24.6 Å². The third-order valence-corrected chi connectivity index (χ3v) is 6.99. The number of hydrogen-bond donors (Lipinski definition) is 0. The Morgan fingerprint density at radius 1 is 0.882 bits per heavy atom. The molecule has 0 atom stereocenters. The van der Waals surface area contributed by atoms with E-state index in [2.05, 4.69) is 0 Å². The first kappa shape index (κ1) is 27.6. The molecule has 8 nitrogen and oxygen atoms in total. The fourth-order valence-corrected chi connectivity index (χ4v) is 4.89. The summed E-state index contributed by atoms with van der Waals surface area (Å²) in [6.45, 7) is 5.22. The van der Waals surface area contributed by atoms with Crippen molar-refractivity contribution in [3.8, 4) is 0 Å². The second-order valence-electron chi connectivity index (χ2n) is 8.38. The summed E-state index contributed by atoms with van der Waals surface area (Å²) in [6.07, 6.45) is 1.78. The van der Waals surface area contributed by atoms with Crippen LogP contribution in [0.25, 0.3) is 10.8 Å². The Hall–Kier alpha value is -2.65. The van der Waals surface area contributed by atoms with Gasteiger partial charge in [0.05, 0.1) is 19.8 Å². The lowest BCUT2D eigenvalue weighted by Crippen LogP contribution is -2.39. The Kier molecular flexibility index (Phi) is 9.88. The van der Waals surface area contributed by atoms with Gasteiger partial charge in [-0.05, 0) is 45.7 Å². The summed E-state index contributed by atoms with van der Waals surface area (Å²) in [5, 5.41) is 1.43. The van der Waals surface area contributed by atoms with Gasteiger partial charge in [-0.1, -0.05) is 37.1 Å². The van der Waals surface area contributed by atoms with Crippen molar-refractivity contribution in [2.45, 2.75) is 51.3 Å². The number of anilines is 1. The van der Waals surface area contributed by atoms with Gasteiger partial charge in [-0.3, -0.25) is 13.8 Å². The zero-order chi connectivity index (χ0) is 25.4. The van der Waals surface area contributed by atoms with Gasteiger partial charge in [-0.2, -0.15) is 8.42 Å². The maximum absolute atomic E-state index is 12.9. The van der Waals surface area contributed by atoms with Crippen LogP contribution >= 0.6 is 0 Å². The molecule has 0 aliphatic heterocycles. The van der Waals surface area contributed by atoms with Crippen molar-refractivity contribution >= 4 is 38.5 Å². The molecule has 0 bridgehead atoms. The van der Waals surface area contributed by atoms with Crippen LogP contribution in [0.1, 0.15) is 46.5 Å². The van der Waals surface area contributed by atoms with Gasteiger partial charge in [-0.15, -0.1) is 0 Å². The van der Waals surface area contributed by atoms with Gasteiger partial charge in [-0.25, -0.2) is 0 Å². The molecule has 0 saturated carbocycles. The highest BCUT2D eigenvalue weighted by atomic mass is 32.2. The summed E-state index contributed by atoms with van der Waals surface area (Å²) in [4.78, 5) is 26.7. The highest BCUT2D eigenvalue weighted by Crippen LogP contribution is 2.31. The average Bonchev–Trinajstić information content (AvgIpc) is 2.80. The Morgan fingerprint density at radius 2 is 1.47 bits per heavy atom. The highest BCUT2D eigenvalue weighted by Gasteiger charge is 2.43. The Bertz CT molecular complexity index is 1080. The quantitative estimate of drug-likeness (QED) is 0.176. The molecule has 0 spiro atoms. The Morgan fingerprint density at radius 3 is 2.06 bits per heavy atom. The second-order valence-corrected chi connectivity index (χ2v) is 9.97. The van der Waals surface area contributed by atoms with Crippen LogP contribution in [-0.4, -0.2) is 54.3 Å². The lowest BCUT2D eigenvalue weighted by Gasteiger charge is -2.24. The number of carbonyl (C=O) groups is 2. The SMILES string of the molecule is CCOC(=O)C(C)(CCCCCOS(=O)(=O)c1cccc2c(N(C)C)cccc12)C(=O)OCC. The molecule has 2 aromatic rings. The van der Waals surface area contributed by atoms with Crippen molar-refractivity contribution < 1.29 is 31.7 Å². The van der Waals surface area contributed by atoms with Crippen molar-refractivity contribution in [2.75, 3.05) is 38.8 Å². The minimum Gasteiger partial charge on any atom is -0.465 e. The monoisotopic (exact) mass is 493 g/mol. The first-order valence-corrected chi connectivity index (χ1v) is 12.9. The lowest BCUT2D eigenvalue weighted by molar-refractivity contribution is -0.171. The van der Waals surface area contributed by atoms with Crippen LogP contribution in [0.5, 0.6) is 0 Å². The van der Waals surface area contributed by atoms with E-state index in [9.17, 15) is 18.0 Å². The number of unbranched alkanes of at least 4 members (excludes halogenated alkanes) is 2. The predicted octanol–water partition coefficient (Wildman–Crippen LogP) is 4.30. The van der Waals surface area contributed by atoms with E-state index >= 15 is 0 Å². The Balaban J connectivity index is 1.99. The third-order valence-electron chi connectivity index (χ3n) is 5.62. The Labute approximate surface area is 202 Å². The van der Waals surface area contributed by atoms with Crippen molar-refractivity contribution in [3.63, 3.8) is 0 Å². The van der Waals surface area contributed by atoms with E-state index < -0.39 is 27.5 Å². The summed E-state index contributed by atoms with van der Waals surface area (Å²) >= 11 is 0. The molecule has 0 radical (unpaired) electrons. The fraction of sp³-hybridized carbons (Fsp3) is 0.520. The van der Waals surface area contributed by atoms with E-state index in [-0.39, 0.29) is 31.1 Å². The number of esters is 2. The fourth-order valence-electron chi connectivity index (χ4n) is 3.73. The molecular formula is C25H35NO7S. The summed E-state index contributed by atoms with van der Waals surface area (Å²) in [6, 6.07) is 10.6. The molecule has 9 heteroatoms. The van der Waals surface area contributed by atoms with Crippen LogP contribution in [0, 0.1) is 5.41 Å². The molecule has 188 valence electrons. The zero-order valence-electron chi connectivity index (χ0n) is 20.6. The standard InChI is InChI=1S/C25H35NO7S/c1-6-31-23(27)25(3,24(28)32-7-2)17-9-8-10-18-33-34(29,30)22-16-12-13-19-20(22)14-11-15-21(19)26(4)5/h11-16H,6-10,17-18H2,1-5H3. The number of nitrogens with zero attached hydrogens (tertiary/aromatic N) is 1. The molecule has 0 unspecified atom stereocenters. The van der Waals surface area contributed by atoms with Crippen LogP contribution < -0.4 is 4.90 Å². The first-order valence-electron chi connectivity index (χ1n) is 11.5. The second kappa shape index (κ2) is 12.2. The minimum absolute atomic E-state index is 0.00161. The number of hydrogen-bond acceptors (Lipinski definition) is 8. The molecule has 0 aliphatic rings. The smallest absolute Gasteiger partial charge is 0.323 e. The number of ether oxygens (including phenoxy) is 2. The van der Waals surface area contributed by atoms with E-state index in [0.717, 1.165) is 11.1 Å². The largest absolute Gasteiger partial charge is 0.465 e. The van der Waals surface area contributed by atoms with Crippen LogP contribution in [0.2, 0.25) is 0 Å². The van der Waals surface area contributed by atoms with Gasteiger partial charge < -0.3 is 14.4 Å². The summed E-state index contributed by atoms with van der Waals surface area (Å²) in [5.41, 5.74) is -0.465. The molecule has 34 heavy (non-hydrogen) atoms. The van der Waals surface area contributed by atoms with E-state index in [1.807, 2.05) is 37.2 Å². The molecule has 0 saturated heterocycles. The molecule has 2 aromatic carbocycles. The van der Waals surface area contributed by atoms with E-state index in [4.69, 9.17) is 13.7 Å². The van der Waals surface area contributed by atoms with Crippen LogP contribution in [0.4, 0.5) is 5.69 Å². The van der Waals surface area contributed by atoms with Crippen molar-refractivity contribution in [3.05, 3.63) is 36.4 Å². The lowest BCUT2D eigenvalue weighted by atomic mass is 9.84. The third kappa shape index (κ3) is 6.48. The van der Waals surface area contributed by atoms with Gasteiger partial charge >= 0.3 is 11.9 Å². The summed E-state index contributed by atoms with van der Waals surface area (Å²) < 4.78 is 41.2. The number of carbonyl (C=O) groups excluding carboxylic acids is 2. The van der Waals surface area contributed by atoms with E-state index in [1.54, 1.807) is 32.0 Å². The van der Waals surface area contributed by atoms with Crippen molar-refractivity contribution in [1.29, 1.82) is 0 Å². The molecular weight excluding hydrogens is 458 g/mol. The zero-order valence-corrected chi connectivity index (χ0v) is 21.4. The van der Waals surface area contributed by atoms with Crippen LogP contribution in [0.15, 0.2) is 41.3 Å². The van der Waals surface area contributed by atoms with Crippen LogP contribution in [0.3, 0.4) is 0 Å². The number of rotatable bonds is 13. The van der Waals surface area contributed by atoms with Gasteiger partial charge in [0, 0.05) is 30.6 Å². The van der Waals surface area contributed by atoms with E-state index in [1.165, 1.54) is 6.92 Å². The molecule has 0 N–H and O–H groups in total. The normalized spacial score (nSPS) is 11.9. The number of fused-ring (bicyclic) bond motifs is 1. The molecule has 0 fully saturated rings. The van der Waals surface area contributed by atoms with Gasteiger partial charge in [0.2, 0.25) is 0 Å². The molecule has 0 heterocycles. The highest BCUT2D eigenvalue weighted by molar-refractivity contribution is 7.87. The first-order chi connectivity index (χ1) is 16.1. The summed E-state index contributed by atoms with van der Waals surface area (Å²) in [7, 11) is -0.145. The summed E-state index contributed by atoms with van der Waals surface area (Å²) in [5.74, 6) is -1.22. The molecule has 0 amide bonds.